The highest BCUT2D eigenvalue weighted by Gasteiger charge is 2.36. The van der Waals surface area contributed by atoms with Gasteiger partial charge in [0.05, 0.1) is 12.1 Å². The van der Waals surface area contributed by atoms with Gasteiger partial charge in [0.2, 0.25) is 0 Å². The van der Waals surface area contributed by atoms with Gasteiger partial charge in [0.1, 0.15) is 12.9 Å². The molecule has 3 atom stereocenters. The maximum absolute atomic E-state index is 12.8. The van der Waals surface area contributed by atoms with Crippen molar-refractivity contribution >= 4 is 0 Å². The van der Waals surface area contributed by atoms with Crippen LogP contribution < -0.4 is 11.2 Å². The van der Waals surface area contributed by atoms with Crippen LogP contribution in [-0.2, 0) is 4.74 Å². The van der Waals surface area contributed by atoms with Gasteiger partial charge in [-0.1, -0.05) is 5.11 Å². The van der Waals surface area contributed by atoms with E-state index in [1.54, 1.807) is 6.92 Å². The Hall–Kier alpha value is -2.12. The van der Waals surface area contributed by atoms with Crippen LogP contribution in [0, 0.1) is 6.92 Å². The first-order chi connectivity index (χ1) is 9.06. The second-order valence-corrected chi connectivity index (χ2v) is 4.27. The Bertz CT molecular complexity index is 633. The van der Waals surface area contributed by atoms with Crippen molar-refractivity contribution in [1.29, 1.82) is 0 Å². The Balaban J connectivity index is 2.34. The third-order valence-corrected chi connectivity index (χ3v) is 3.01. The van der Waals surface area contributed by atoms with E-state index in [0.717, 1.165) is 0 Å². The minimum Gasteiger partial charge on any atom is -0.351 e. The fraction of sp³-hybridized carbons (Fsp3) is 0.600. The number of aromatic nitrogens is 2. The van der Waals surface area contributed by atoms with Gasteiger partial charge in [0.25, 0.3) is 5.56 Å². The van der Waals surface area contributed by atoms with Crippen LogP contribution in [0.1, 0.15) is 18.2 Å². The highest BCUT2D eigenvalue weighted by atomic mass is 19.1. The van der Waals surface area contributed by atoms with Crippen molar-refractivity contribution in [2.75, 3.05) is 6.67 Å². The Kier molecular flexibility index (Phi) is 3.68. The summed E-state index contributed by atoms with van der Waals surface area (Å²) < 4.78 is 19.3. The molecule has 102 valence electrons. The molecule has 9 heteroatoms. The Labute approximate surface area is 106 Å². The van der Waals surface area contributed by atoms with Gasteiger partial charge in [-0.3, -0.25) is 14.3 Å². The normalized spacial score (nSPS) is 26.1. The number of nitrogens with zero attached hydrogens (tertiary/aromatic N) is 4. The van der Waals surface area contributed by atoms with Gasteiger partial charge in [0, 0.05) is 23.1 Å². The number of halogens is 1. The van der Waals surface area contributed by atoms with Gasteiger partial charge in [-0.2, -0.15) is 0 Å². The summed E-state index contributed by atoms with van der Waals surface area (Å²) in [6.07, 6.45) is -0.0942. The summed E-state index contributed by atoms with van der Waals surface area (Å²) in [5.74, 6) is 0. The standard InChI is InChI=1S/C10H12FN5O3/c1-5-4-16(10(18)13-9(5)17)8-2-6(14-15-12)7(3-11)19-8/h4,6-8H,2-3H2,1H3,(H,13,17,18)/t6-,7-,8-/m1/s1. The molecule has 1 saturated heterocycles. The molecule has 0 bridgehead atoms. The fourth-order valence-electron chi connectivity index (χ4n) is 2.01. The number of azide groups is 1. The summed E-state index contributed by atoms with van der Waals surface area (Å²) in [6.45, 7) is 0.735. The highest BCUT2D eigenvalue weighted by Crippen LogP contribution is 2.30. The largest absolute Gasteiger partial charge is 0.351 e. The topological polar surface area (TPSA) is 113 Å². The predicted octanol–water partition coefficient (Wildman–Crippen LogP) is 0.781. The number of hydrogen-bond donors (Lipinski definition) is 1. The molecule has 0 aromatic carbocycles. The minimum absolute atomic E-state index is 0.185. The van der Waals surface area contributed by atoms with E-state index in [2.05, 4.69) is 15.0 Å². The highest BCUT2D eigenvalue weighted by molar-refractivity contribution is 5.02. The number of hydrogen-bond acceptors (Lipinski definition) is 4. The van der Waals surface area contributed by atoms with E-state index >= 15 is 0 Å². The van der Waals surface area contributed by atoms with Gasteiger partial charge in [0.15, 0.2) is 0 Å². The zero-order chi connectivity index (χ0) is 14.0. The molecule has 0 saturated carbocycles. The maximum atomic E-state index is 12.8. The van der Waals surface area contributed by atoms with E-state index in [-0.39, 0.29) is 6.42 Å². The summed E-state index contributed by atoms with van der Waals surface area (Å²) in [5.41, 5.74) is 7.62. The summed E-state index contributed by atoms with van der Waals surface area (Å²) in [6, 6.07) is -0.667. The van der Waals surface area contributed by atoms with Crippen LogP contribution in [0.25, 0.3) is 10.4 Å². The number of nitrogens with one attached hydrogen (secondary N) is 1. The van der Waals surface area contributed by atoms with E-state index in [9.17, 15) is 14.0 Å². The molecule has 0 spiro atoms. The summed E-state index contributed by atoms with van der Waals surface area (Å²) in [7, 11) is 0. The third kappa shape index (κ3) is 2.51. The Morgan fingerprint density at radius 2 is 2.42 bits per heavy atom. The maximum Gasteiger partial charge on any atom is 0.330 e. The molecule has 0 amide bonds. The molecule has 8 nitrogen and oxygen atoms in total. The average molecular weight is 269 g/mol. The van der Waals surface area contributed by atoms with E-state index in [1.807, 2.05) is 0 Å². The van der Waals surface area contributed by atoms with Gasteiger partial charge in [-0.05, 0) is 12.5 Å². The molecular weight excluding hydrogens is 257 g/mol. The molecule has 1 fully saturated rings. The molecular formula is C10H12FN5O3. The molecule has 2 rings (SSSR count). The number of H-pyrrole nitrogens is 1. The van der Waals surface area contributed by atoms with Gasteiger partial charge >= 0.3 is 5.69 Å². The fourth-order valence-corrected chi connectivity index (χ4v) is 2.01. The van der Waals surface area contributed by atoms with E-state index < -0.39 is 36.3 Å². The van der Waals surface area contributed by atoms with Crippen molar-refractivity contribution in [3.8, 4) is 0 Å². The Morgan fingerprint density at radius 1 is 1.68 bits per heavy atom. The molecule has 1 N–H and O–H groups in total. The van der Waals surface area contributed by atoms with E-state index in [0.29, 0.717) is 5.56 Å². The summed E-state index contributed by atoms with van der Waals surface area (Å²) >= 11 is 0. The lowest BCUT2D eigenvalue weighted by Gasteiger charge is -2.14. The molecule has 1 aliphatic heterocycles. The number of ether oxygens (including phenoxy) is 1. The van der Waals surface area contributed by atoms with Gasteiger partial charge < -0.3 is 4.74 Å². The predicted molar refractivity (Wildman–Crippen MR) is 63.5 cm³/mol. The van der Waals surface area contributed by atoms with Crippen molar-refractivity contribution in [3.05, 3.63) is 43.0 Å². The van der Waals surface area contributed by atoms with Crippen LogP contribution in [0.5, 0.6) is 0 Å². The third-order valence-electron chi connectivity index (χ3n) is 3.01. The number of aryl methyl sites for hydroxylation is 1. The van der Waals surface area contributed by atoms with Crippen LogP contribution in [0.4, 0.5) is 4.39 Å². The Morgan fingerprint density at radius 3 is 3.05 bits per heavy atom. The molecule has 0 unspecified atom stereocenters. The van der Waals surface area contributed by atoms with Crippen molar-refractivity contribution in [3.63, 3.8) is 0 Å². The van der Waals surface area contributed by atoms with Crippen LogP contribution in [0.3, 0.4) is 0 Å². The van der Waals surface area contributed by atoms with Crippen LogP contribution in [0.2, 0.25) is 0 Å². The smallest absolute Gasteiger partial charge is 0.330 e. The second kappa shape index (κ2) is 5.25. The minimum atomic E-state index is -0.875. The van der Waals surface area contributed by atoms with Crippen molar-refractivity contribution in [2.24, 2.45) is 5.11 Å². The molecule has 0 aliphatic carbocycles. The van der Waals surface area contributed by atoms with Gasteiger partial charge in [-0.25, -0.2) is 9.18 Å². The van der Waals surface area contributed by atoms with Crippen LogP contribution >= 0.6 is 0 Å². The number of aromatic amines is 1. The van der Waals surface area contributed by atoms with Crippen molar-refractivity contribution in [1.82, 2.24) is 9.55 Å². The first kappa shape index (κ1) is 13.3. The molecule has 0 radical (unpaired) electrons. The average Bonchev–Trinajstić information content (AvgIpc) is 2.77. The molecule has 1 aliphatic rings. The molecule has 1 aromatic rings. The quantitative estimate of drug-likeness (QED) is 0.497. The monoisotopic (exact) mass is 269 g/mol. The van der Waals surface area contributed by atoms with Gasteiger partial charge in [-0.15, -0.1) is 0 Å². The molecule has 19 heavy (non-hydrogen) atoms. The van der Waals surface area contributed by atoms with E-state index in [1.165, 1.54) is 10.8 Å². The lowest BCUT2D eigenvalue weighted by Crippen LogP contribution is -2.33. The second-order valence-electron chi connectivity index (χ2n) is 4.27. The first-order valence-electron chi connectivity index (χ1n) is 5.64. The lowest BCUT2D eigenvalue weighted by molar-refractivity contribution is -0.0129. The van der Waals surface area contributed by atoms with Crippen molar-refractivity contribution < 1.29 is 9.13 Å². The molecule has 1 aromatic heterocycles. The zero-order valence-corrected chi connectivity index (χ0v) is 10.1. The van der Waals surface area contributed by atoms with Crippen LogP contribution in [0.15, 0.2) is 20.9 Å². The summed E-state index contributed by atoms with van der Waals surface area (Å²) in [5, 5.41) is 3.45. The SMILES string of the molecule is Cc1cn([C@H]2C[C@@H](N=[N+]=[N-])[C@@H](CF)O2)c(=O)[nH]c1=O. The van der Waals surface area contributed by atoms with Crippen molar-refractivity contribution in [2.45, 2.75) is 31.7 Å². The van der Waals surface area contributed by atoms with Crippen LogP contribution in [-0.4, -0.2) is 28.4 Å². The zero-order valence-electron chi connectivity index (χ0n) is 10.1. The summed E-state index contributed by atoms with van der Waals surface area (Å²) in [4.78, 5) is 27.7. The number of alkyl halides is 1. The van der Waals surface area contributed by atoms with E-state index in [4.69, 9.17) is 10.3 Å². The number of rotatable bonds is 3. The first-order valence-corrected chi connectivity index (χ1v) is 5.64. The molecule has 2 heterocycles. The lowest BCUT2D eigenvalue weighted by atomic mass is 10.1.